The Labute approximate surface area is 224 Å². The van der Waals surface area contributed by atoms with E-state index in [1.165, 1.54) is 0 Å². The van der Waals surface area contributed by atoms with E-state index < -0.39 is 27.1 Å². The van der Waals surface area contributed by atoms with Gasteiger partial charge in [0.25, 0.3) is 0 Å². The molecule has 0 spiro atoms. The third kappa shape index (κ3) is 14.3. The van der Waals surface area contributed by atoms with Gasteiger partial charge in [0.05, 0.1) is 31.8 Å². The Bertz CT molecular complexity index is 636. The minimum atomic E-state index is -0.952. The van der Waals surface area contributed by atoms with Crippen molar-refractivity contribution in [3.8, 4) is 0 Å². The number of carbonyl (C=O) groups is 4. The summed E-state index contributed by atoms with van der Waals surface area (Å²) in [5.74, 6) is -0.286. The third-order valence-electron chi connectivity index (χ3n) is 5.91. The van der Waals surface area contributed by atoms with Gasteiger partial charge in [0.2, 0.25) is 0 Å². The molecule has 0 aromatic carbocycles. The van der Waals surface area contributed by atoms with Crippen LogP contribution < -0.4 is 0 Å². The van der Waals surface area contributed by atoms with Crippen LogP contribution in [0.15, 0.2) is 0 Å². The van der Waals surface area contributed by atoms with Crippen LogP contribution in [0.2, 0.25) is 0 Å². The van der Waals surface area contributed by atoms with Crippen molar-refractivity contribution in [2.24, 2.45) is 27.1 Å². The zero-order valence-electron chi connectivity index (χ0n) is 25.4. The second-order valence-electron chi connectivity index (χ2n) is 14.2. The van der Waals surface area contributed by atoms with E-state index in [0.717, 1.165) is 0 Å². The molecule has 8 nitrogen and oxygen atoms in total. The molecule has 216 valence electrons. The van der Waals surface area contributed by atoms with E-state index in [0.29, 0.717) is 0 Å². The first kappa shape index (κ1) is 35.5. The van der Waals surface area contributed by atoms with Crippen molar-refractivity contribution in [3.05, 3.63) is 0 Å². The van der Waals surface area contributed by atoms with Gasteiger partial charge in [-0.05, 0) is 0 Å². The molecule has 8 heteroatoms. The first-order valence-corrected chi connectivity index (χ1v) is 13.0. The highest BCUT2D eigenvalue weighted by Crippen LogP contribution is 2.25. The maximum absolute atomic E-state index is 12.4. The molecule has 0 N–H and O–H groups in total. The Kier molecular flexibility index (Phi) is 13.5. The Morgan fingerprint density at radius 2 is 0.541 bits per heavy atom. The Morgan fingerprint density at radius 1 is 0.378 bits per heavy atom. The van der Waals surface area contributed by atoms with Gasteiger partial charge in [-0.3, -0.25) is 19.2 Å². The van der Waals surface area contributed by atoms with Gasteiger partial charge < -0.3 is 18.9 Å². The second-order valence-corrected chi connectivity index (χ2v) is 14.2. The molecule has 0 unspecified atom stereocenters. The maximum Gasteiger partial charge on any atom is 0.163 e. The lowest BCUT2D eigenvalue weighted by atomic mass is 9.89. The first-order chi connectivity index (χ1) is 16.5. The predicted molar refractivity (Wildman–Crippen MR) is 144 cm³/mol. The van der Waals surface area contributed by atoms with Crippen LogP contribution in [0.1, 0.15) is 83.1 Å². The van der Waals surface area contributed by atoms with E-state index in [4.69, 9.17) is 18.9 Å². The van der Waals surface area contributed by atoms with Gasteiger partial charge in [0.1, 0.15) is 26.4 Å². The molecule has 0 radical (unpaired) electrons. The molecular weight excluding hydrogens is 476 g/mol. The number of carbonyl (C=O) groups excluding carboxylic acids is 4. The number of rotatable bonds is 16. The number of ketones is 4. The Balaban J connectivity index is 5.74. The van der Waals surface area contributed by atoms with Gasteiger partial charge in [0.15, 0.2) is 23.1 Å². The molecule has 0 rings (SSSR count). The SMILES string of the molecule is CC(C)(C)C(=O)COCC(COCC(=O)C(C)(C)C)(COCC(=O)C(C)(C)C)COCC(=O)C(C)(C)C. The van der Waals surface area contributed by atoms with Crippen molar-refractivity contribution < 1.29 is 38.1 Å². The molecule has 0 bridgehead atoms. The van der Waals surface area contributed by atoms with Crippen LogP contribution in [0.3, 0.4) is 0 Å². The van der Waals surface area contributed by atoms with Gasteiger partial charge in [0, 0.05) is 21.7 Å². The van der Waals surface area contributed by atoms with Crippen molar-refractivity contribution in [1.29, 1.82) is 0 Å². The molecule has 0 aliphatic rings. The fourth-order valence-electron chi connectivity index (χ4n) is 2.56. The summed E-state index contributed by atoms with van der Waals surface area (Å²) in [6, 6.07) is 0. The lowest BCUT2D eigenvalue weighted by Gasteiger charge is -2.34. The van der Waals surface area contributed by atoms with E-state index >= 15 is 0 Å². The smallest absolute Gasteiger partial charge is 0.163 e. The van der Waals surface area contributed by atoms with Crippen LogP contribution in [0.4, 0.5) is 0 Å². The summed E-state index contributed by atoms with van der Waals surface area (Å²) in [5.41, 5.74) is -3.22. The molecule has 0 amide bonds. The van der Waals surface area contributed by atoms with Crippen molar-refractivity contribution in [3.63, 3.8) is 0 Å². The minimum absolute atomic E-state index is 0.0198. The summed E-state index contributed by atoms with van der Waals surface area (Å²) in [7, 11) is 0. The minimum Gasteiger partial charge on any atom is -0.373 e. The largest absolute Gasteiger partial charge is 0.373 e. The number of hydrogen-bond donors (Lipinski definition) is 0. The van der Waals surface area contributed by atoms with Gasteiger partial charge in [-0.25, -0.2) is 0 Å². The van der Waals surface area contributed by atoms with E-state index in [1.807, 2.05) is 83.1 Å². The zero-order valence-corrected chi connectivity index (χ0v) is 25.4. The maximum atomic E-state index is 12.4. The normalized spacial score (nSPS) is 13.5. The van der Waals surface area contributed by atoms with E-state index in [9.17, 15) is 19.2 Å². The van der Waals surface area contributed by atoms with Crippen LogP contribution in [0.25, 0.3) is 0 Å². The highest BCUT2D eigenvalue weighted by molar-refractivity contribution is 5.86. The number of hydrogen-bond acceptors (Lipinski definition) is 8. The van der Waals surface area contributed by atoms with Crippen LogP contribution in [-0.4, -0.2) is 76.0 Å². The molecule has 0 aliphatic carbocycles. The van der Waals surface area contributed by atoms with Crippen molar-refractivity contribution >= 4 is 23.1 Å². The number of Topliss-reactive ketones (excluding diaryl/α,β-unsaturated/α-hetero) is 4. The van der Waals surface area contributed by atoms with Crippen molar-refractivity contribution in [2.45, 2.75) is 83.1 Å². The Morgan fingerprint density at radius 3 is 0.676 bits per heavy atom. The quantitative estimate of drug-likeness (QED) is 0.288. The lowest BCUT2D eigenvalue weighted by Crippen LogP contribution is -2.44. The molecule has 0 aromatic rings. The molecule has 0 fully saturated rings. The molecule has 0 aromatic heterocycles. The molecule has 0 atom stereocenters. The van der Waals surface area contributed by atoms with Crippen molar-refractivity contribution in [2.75, 3.05) is 52.9 Å². The fourth-order valence-corrected chi connectivity index (χ4v) is 2.56. The van der Waals surface area contributed by atoms with E-state index in [1.54, 1.807) is 0 Å². The summed E-state index contributed by atoms with van der Waals surface area (Å²) >= 11 is 0. The molecule has 0 heterocycles. The zero-order chi connectivity index (χ0) is 29.3. The molecule has 0 aliphatic heterocycles. The summed E-state index contributed by atoms with van der Waals surface area (Å²) in [4.78, 5) is 49.8. The molecule has 37 heavy (non-hydrogen) atoms. The van der Waals surface area contributed by atoms with Gasteiger partial charge in [-0.2, -0.15) is 0 Å². The Hall–Kier alpha value is -1.48. The average Bonchev–Trinajstić information content (AvgIpc) is 2.70. The second kappa shape index (κ2) is 14.1. The fraction of sp³-hybridized carbons (Fsp3) is 0.862. The molecular formula is C29H52O8. The molecule has 0 saturated heterocycles. The van der Waals surface area contributed by atoms with Crippen LogP contribution in [0.5, 0.6) is 0 Å². The first-order valence-electron chi connectivity index (χ1n) is 13.0. The molecule has 0 saturated carbocycles. The standard InChI is InChI=1S/C29H52O8/c1-25(2,3)21(30)13-34-17-29(18-35-14-22(31)26(4,5)6,19-36-15-23(32)27(7,8)9)20-37-16-24(33)28(10,11)12/h13-20H2,1-12H3. The average molecular weight is 529 g/mol. The topological polar surface area (TPSA) is 105 Å². The van der Waals surface area contributed by atoms with Gasteiger partial charge in [-0.15, -0.1) is 0 Å². The van der Waals surface area contributed by atoms with E-state index in [2.05, 4.69) is 0 Å². The van der Waals surface area contributed by atoms with Crippen molar-refractivity contribution in [1.82, 2.24) is 0 Å². The van der Waals surface area contributed by atoms with Gasteiger partial charge >= 0.3 is 0 Å². The summed E-state index contributed by atoms with van der Waals surface area (Å²) < 4.78 is 23.3. The highest BCUT2D eigenvalue weighted by atomic mass is 16.5. The number of ether oxygens (including phenoxy) is 4. The van der Waals surface area contributed by atoms with Crippen LogP contribution in [0, 0.1) is 27.1 Å². The summed E-state index contributed by atoms with van der Waals surface area (Å²) in [6.07, 6.45) is 0. The predicted octanol–water partition coefficient (Wildman–Crippen LogP) is 4.50. The monoisotopic (exact) mass is 528 g/mol. The highest BCUT2D eigenvalue weighted by Gasteiger charge is 2.36. The lowest BCUT2D eigenvalue weighted by molar-refractivity contribution is -0.148. The summed E-state index contributed by atoms with van der Waals surface area (Å²) in [6.45, 7) is 21.4. The summed E-state index contributed by atoms with van der Waals surface area (Å²) in [5, 5.41) is 0. The van der Waals surface area contributed by atoms with Crippen LogP contribution >= 0.6 is 0 Å². The van der Waals surface area contributed by atoms with Gasteiger partial charge in [-0.1, -0.05) is 83.1 Å². The third-order valence-corrected chi connectivity index (χ3v) is 5.91. The van der Waals surface area contributed by atoms with E-state index in [-0.39, 0.29) is 76.0 Å². The van der Waals surface area contributed by atoms with Crippen LogP contribution in [-0.2, 0) is 38.1 Å².